The van der Waals surface area contributed by atoms with E-state index >= 15 is 0 Å². The Balaban J connectivity index is 0.000000175. The number of hydrogen-bond donors (Lipinski definition) is 0. The van der Waals surface area contributed by atoms with Crippen LogP contribution < -0.4 is 15.3 Å². The fourth-order valence-electron chi connectivity index (χ4n) is 4.17. The standard InChI is InChI=1S/3C11H7ClO2.Ga/c3*12-10-8-4-2-1-3-7(8)5-6-9(10)11(13)14;/h3*1-6H,(H,13,14);/q;;;+3/p-3. The molecule has 210 valence electrons. The number of carboxylic acid groups (broad SMARTS) is 3. The summed E-state index contributed by atoms with van der Waals surface area (Å²) in [6.07, 6.45) is 0. The molecule has 0 saturated heterocycles. The molecule has 0 fully saturated rings. The molecular formula is C33H18Cl3GaO6. The van der Waals surface area contributed by atoms with Crippen molar-refractivity contribution < 1.29 is 29.7 Å². The van der Waals surface area contributed by atoms with Crippen LogP contribution in [0.1, 0.15) is 31.1 Å². The van der Waals surface area contributed by atoms with Crippen LogP contribution in [0, 0.1) is 0 Å². The molecule has 6 aromatic carbocycles. The smallest absolute Gasteiger partial charge is 0.545 e. The van der Waals surface area contributed by atoms with Gasteiger partial charge in [0.1, 0.15) is 0 Å². The van der Waals surface area contributed by atoms with Gasteiger partial charge in [-0.1, -0.05) is 144 Å². The Morgan fingerprint density at radius 2 is 0.628 bits per heavy atom. The molecule has 0 heterocycles. The van der Waals surface area contributed by atoms with Crippen LogP contribution in [0.15, 0.2) is 109 Å². The second-order valence-corrected chi connectivity index (χ2v) is 9.94. The maximum atomic E-state index is 10.7. The second-order valence-electron chi connectivity index (χ2n) is 8.81. The van der Waals surface area contributed by atoms with E-state index in [4.69, 9.17) is 34.8 Å². The average molecular weight is 687 g/mol. The third-order valence-corrected chi connectivity index (χ3v) is 7.47. The molecule has 0 atom stereocenters. The number of aromatic carboxylic acids is 3. The Hall–Kier alpha value is -3.98. The van der Waals surface area contributed by atoms with Crippen molar-refractivity contribution in [2.45, 2.75) is 0 Å². The van der Waals surface area contributed by atoms with Crippen molar-refractivity contribution in [2.75, 3.05) is 0 Å². The molecule has 0 spiro atoms. The first-order chi connectivity index (χ1) is 20.1. The third kappa shape index (κ3) is 7.70. The Kier molecular flexibility index (Phi) is 11.7. The van der Waals surface area contributed by atoms with E-state index in [1.165, 1.54) is 18.2 Å². The molecule has 6 aromatic rings. The number of halogens is 3. The van der Waals surface area contributed by atoms with E-state index in [1.807, 2.05) is 54.6 Å². The van der Waals surface area contributed by atoms with Gasteiger partial charge in [-0.3, -0.25) is 0 Å². The van der Waals surface area contributed by atoms with Gasteiger partial charge in [0, 0.05) is 32.8 Å². The summed E-state index contributed by atoms with van der Waals surface area (Å²) in [5, 5.41) is 37.7. The Bertz CT molecular complexity index is 1750. The fraction of sp³-hybridized carbons (Fsp3) is 0. The minimum atomic E-state index is -1.25. The van der Waals surface area contributed by atoms with Gasteiger partial charge in [-0.25, -0.2) is 0 Å². The van der Waals surface area contributed by atoms with Gasteiger partial charge in [0.2, 0.25) is 0 Å². The van der Waals surface area contributed by atoms with E-state index in [-0.39, 0.29) is 51.5 Å². The molecular weight excluding hydrogens is 668 g/mol. The summed E-state index contributed by atoms with van der Waals surface area (Å²) in [5.74, 6) is -3.75. The number of carbonyl (C=O) groups excluding carboxylic acids is 3. The number of rotatable bonds is 3. The van der Waals surface area contributed by atoms with Crippen molar-refractivity contribution in [1.29, 1.82) is 0 Å². The summed E-state index contributed by atoms with van der Waals surface area (Å²) in [4.78, 5) is 32.0. The van der Waals surface area contributed by atoms with Gasteiger partial charge in [0.25, 0.3) is 0 Å². The van der Waals surface area contributed by atoms with E-state index in [2.05, 4.69) is 0 Å². The van der Waals surface area contributed by atoms with Crippen LogP contribution in [0.5, 0.6) is 0 Å². The van der Waals surface area contributed by atoms with Gasteiger partial charge in [-0.15, -0.1) is 0 Å². The van der Waals surface area contributed by atoms with E-state index in [1.54, 1.807) is 36.4 Å². The monoisotopic (exact) mass is 684 g/mol. The number of carboxylic acids is 3. The van der Waals surface area contributed by atoms with Crippen molar-refractivity contribution in [3.63, 3.8) is 0 Å². The Labute approximate surface area is 274 Å². The van der Waals surface area contributed by atoms with Crippen LogP contribution in [-0.4, -0.2) is 37.7 Å². The zero-order chi connectivity index (χ0) is 30.4. The molecule has 0 aliphatic rings. The molecule has 0 radical (unpaired) electrons. The van der Waals surface area contributed by atoms with E-state index in [0.29, 0.717) is 0 Å². The van der Waals surface area contributed by atoms with Gasteiger partial charge in [0.05, 0.1) is 33.0 Å². The maximum Gasteiger partial charge on any atom is 3.00 e. The normalized spacial score (nSPS) is 10.1. The second kappa shape index (κ2) is 15.0. The topological polar surface area (TPSA) is 120 Å². The van der Waals surface area contributed by atoms with Gasteiger partial charge in [0.15, 0.2) is 0 Å². The molecule has 0 amide bonds. The molecule has 10 heteroatoms. The summed E-state index contributed by atoms with van der Waals surface area (Å²) < 4.78 is 0. The summed E-state index contributed by atoms with van der Waals surface area (Å²) in [7, 11) is 0. The summed E-state index contributed by atoms with van der Waals surface area (Å²) in [6.45, 7) is 0. The number of fused-ring (bicyclic) bond motifs is 3. The molecule has 0 N–H and O–H groups in total. The van der Waals surface area contributed by atoms with Gasteiger partial charge >= 0.3 is 19.8 Å². The van der Waals surface area contributed by atoms with Gasteiger partial charge < -0.3 is 29.7 Å². The van der Waals surface area contributed by atoms with Crippen LogP contribution in [-0.2, 0) is 0 Å². The van der Waals surface area contributed by atoms with Crippen LogP contribution in [0.4, 0.5) is 0 Å². The molecule has 0 aliphatic heterocycles. The van der Waals surface area contributed by atoms with Crippen LogP contribution in [0.2, 0.25) is 15.1 Å². The van der Waals surface area contributed by atoms with Crippen molar-refractivity contribution in [3.05, 3.63) is 141 Å². The molecule has 0 aliphatic carbocycles. The van der Waals surface area contributed by atoms with Crippen LogP contribution in [0.3, 0.4) is 0 Å². The number of hydrogen-bond acceptors (Lipinski definition) is 6. The predicted octanol–water partition coefficient (Wildman–Crippen LogP) is 5.19. The molecule has 6 nitrogen and oxygen atoms in total. The van der Waals surface area contributed by atoms with E-state index in [9.17, 15) is 29.7 Å². The first-order valence-electron chi connectivity index (χ1n) is 12.3. The predicted molar refractivity (Wildman–Crippen MR) is 166 cm³/mol. The minimum Gasteiger partial charge on any atom is -0.545 e. The molecule has 6 rings (SSSR count). The van der Waals surface area contributed by atoms with Crippen molar-refractivity contribution >= 4 is 105 Å². The molecule has 0 aromatic heterocycles. The van der Waals surface area contributed by atoms with E-state index < -0.39 is 17.9 Å². The average Bonchev–Trinajstić information content (AvgIpc) is 2.98. The molecule has 0 bridgehead atoms. The minimum absolute atomic E-state index is 0. The van der Waals surface area contributed by atoms with Gasteiger partial charge in [-0.2, -0.15) is 0 Å². The first kappa shape index (κ1) is 33.5. The van der Waals surface area contributed by atoms with Crippen molar-refractivity contribution in [2.24, 2.45) is 0 Å². The Morgan fingerprint density at radius 1 is 0.395 bits per heavy atom. The summed E-state index contributed by atoms with van der Waals surface area (Å²) in [6, 6.07) is 31.5. The Morgan fingerprint density at radius 3 is 0.860 bits per heavy atom. The quantitative estimate of drug-likeness (QED) is 0.237. The van der Waals surface area contributed by atoms with Crippen molar-refractivity contribution in [1.82, 2.24) is 0 Å². The maximum absolute atomic E-state index is 10.7. The summed E-state index contributed by atoms with van der Waals surface area (Å²) in [5.41, 5.74) is 0.0982. The first-order valence-corrected chi connectivity index (χ1v) is 13.4. The largest absolute Gasteiger partial charge is 3.00 e. The summed E-state index contributed by atoms with van der Waals surface area (Å²) >= 11 is 17.7. The molecule has 0 saturated carbocycles. The zero-order valence-corrected chi connectivity index (χ0v) is 26.7. The van der Waals surface area contributed by atoms with Gasteiger partial charge in [-0.05, 0) is 16.2 Å². The molecule has 0 unspecified atom stereocenters. The SMILES string of the molecule is O=C([O-])c1ccc2ccccc2c1Cl.O=C([O-])c1ccc2ccccc2c1Cl.O=C([O-])c1ccc2ccccc2c1Cl.[Ga+3]. The van der Waals surface area contributed by atoms with Crippen LogP contribution >= 0.6 is 34.8 Å². The number of benzene rings is 6. The van der Waals surface area contributed by atoms with Crippen LogP contribution in [0.25, 0.3) is 32.3 Å². The van der Waals surface area contributed by atoms with Crippen molar-refractivity contribution in [3.8, 4) is 0 Å². The molecule has 43 heavy (non-hydrogen) atoms. The fourth-order valence-corrected chi connectivity index (χ4v) is 5.11. The third-order valence-electron chi connectivity index (χ3n) is 6.25. The van der Waals surface area contributed by atoms with E-state index in [0.717, 1.165) is 32.3 Å². The number of carbonyl (C=O) groups is 3. The zero-order valence-electron chi connectivity index (χ0n) is 22.1.